The molecule has 0 aliphatic carbocycles. The quantitative estimate of drug-likeness (QED) is 0.232. The van der Waals surface area contributed by atoms with Gasteiger partial charge in [0.15, 0.2) is 23.3 Å². The SMILES string of the molecule is Nc1ncnc2c1ncn2[C@@H]1O[C@H](CO)[C@](O)(CS(=O)(=O)O)[C@]1(O)CS(=O)(=O)O. The fourth-order valence-electron chi connectivity index (χ4n) is 3.38. The number of nitrogen functional groups attached to an aromatic ring is 1. The van der Waals surface area contributed by atoms with E-state index in [0.29, 0.717) is 0 Å². The predicted octanol–water partition coefficient (Wildman–Crippen LogP) is -3.46. The number of nitrogens with two attached hydrogens (primary N) is 1. The van der Waals surface area contributed by atoms with Gasteiger partial charge in [0, 0.05) is 0 Å². The number of anilines is 1. The lowest BCUT2D eigenvalue weighted by Crippen LogP contribution is -2.64. The summed E-state index contributed by atoms with van der Waals surface area (Å²) >= 11 is 0. The van der Waals surface area contributed by atoms with Crippen molar-refractivity contribution in [2.75, 3.05) is 23.8 Å². The van der Waals surface area contributed by atoms with Crippen LogP contribution in [0.15, 0.2) is 12.7 Å². The number of aliphatic hydroxyl groups is 3. The van der Waals surface area contributed by atoms with Crippen LogP contribution in [0.25, 0.3) is 11.2 Å². The van der Waals surface area contributed by atoms with Crippen LogP contribution in [0, 0.1) is 0 Å². The van der Waals surface area contributed by atoms with E-state index in [2.05, 4.69) is 15.0 Å². The Labute approximate surface area is 163 Å². The zero-order valence-corrected chi connectivity index (χ0v) is 16.0. The third-order valence-electron chi connectivity index (χ3n) is 4.59. The molecule has 15 nitrogen and oxygen atoms in total. The van der Waals surface area contributed by atoms with Gasteiger partial charge in [-0.1, -0.05) is 0 Å². The lowest BCUT2D eigenvalue weighted by atomic mass is 9.82. The molecule has 2 aromatic rings. The van der Waals surface area contributed by atoms with Crippen LogP contribution in [0.1, 0.15) is 6.23 Å². The van der Waals surface area contributed by atoms with Gasteiger partial charge in [-0.2, -0.15) is 16.8 Å². The lowest BCUT2D eigenvalue weighted by Gasteiger charge is -2.39. The van der Waals surface area contributed by atoms with Gasteiger partial charge in [-0.25, -0.2) is 15.0 Å². The molecule has 17 heteroatoms. The summed E-state index contributed by atoms with van der Waals surface area (Å²) in [5.74, 6) is -3.32. The van der Waals surface area contributed by atoms with Gasteiger partial charge < -0.3 is 25.8 Å². The largest absolute Gasteiger partial charge is 0.394 e. The van der Waals surface area contributed by atoms with Crippen LogP contribution in [0.3, 0.4) is 0 Å². The van der Waals surface area contributed by atoms with E-state index in [-0.39, 0.29) is 17.0 Å². The van der Waals surface area contributed by atoms with Crippen molar-refractivity contribution in [3.05, 3.63) is 12.7 Å². The average Bonchev–Trinajstić information content (AvgIpc) is 3.04. The number of fused-ring (bicyclic) bond motifs is 1. The Hall–Kier alpha value is -1.99. The number of aromatic nitrogens is 4. The monoisotopic (exact) mass is 455 g/mol. The van der Waals surface area contributed by atoms with E-state index in [0.717, 1.165) is 17.2 Å². The minimum absolute atomic E-state index is 0.0103. The van der Waals surface area contributed by atoms with Crippen molar-refractivity contribution in [1.82, 2.24) is 19.5 Å². The molecular weight excluding hydrogens is 438 g/mol. The van der Waals surface area contributed by atoms with Crippen LogP contribution >= 0.6 is 0 Å². The Morgan fingerprint density at radius 3 is 2.21 bits per heavy atom. The summed E-state index contributed by atoms with van der Waals surface area (Å²) in [4.78, 5) is 11.5. The van der Waals surface area contributed by atoms with E-state index in [9.17, 15) is 41.3 Å². The van der Waals surface area contributed by atoms with E-state index >= 15 is 0 Å². The Kier molecular flexibility index (Phi) is 5.07. The summed E-state index contributed by atoms with van der Waals surface area (Å²) in [7, 11) is -10.1. The van der Waals surface area contributed by atoms with Crippen LogP contribution in [-0.4, -0.2) is 96.2 Å². The molecule has 1 aliphatic heterocycles. The molecule has 0 bridgehead atoms. The average molecular weight is 455 g/mol. The van der Waals surface area contributed by atoms with Crippen molar-refractivity contribution < 1.29 is 46.0 Å². The van der Waals surface area contributed by atoms with Crippen molar-refractivity contribution in [3.8, 4) is 0 Å². The number of hydrogen-bond donors (Lipinski definition) is 6. The predicted molar refractivity (Wildman–Crippen MR) is 93.5 cm³/mol. The molecule has 3 heterocycles. The van der Waals surface area contributed by atoms with Gasteiger partial charge in [-0.3, -0.25) is 13.7 Å². The van der Waals surface area contributed by atoms with Gasteiger partial charge >= 0.3 is 0 Å². The topological polar surface area (TPSA) is 248 Å². The Balaban J connectivity index is 2.26. The highest BCUT2D eigenvalue weighted by Crippen LogP contribution is 2.47. The summed E-state index contributed by atoms with van der Waals surface area (Å²) in [5, 5.41) is 31.6. The summed E-state index contributed by atoms with van der Waals surface area (Å²) in [6.45, 7) is -1.08. The summed E-state index contributed by atoms with van der Waals surface area (Å²) in [6.07, 6.45) is -1.81. The third kappa shape index (κ3) is 3.66. The number of rotatable bonds is 6. The van der Waals surface area contributed by atoms with Gasteiger partial charge in [-0.15, -0.1) is 0 Å². The second-order valence-corrected chi connectivity index (χ2v) is 9.45. The zero-order chi connectivity index (χ0) is 21.8. The van der Waals surface area contributed by atoms with Crippen LogP contribution < -0.4 is 5.73 Å². The molecule has 0 radical (unpaired) electrons. The minimum Gasteiger partial charge on any atom is -0.394 e. The number of nitrogens with zero attached hydrogens (tertiary/aromatic N) is 4. The molecule has 1 fully saturated rings. The van der Waals surface area contributed by atoms with Crippen molar-refractivity contribution in [3.63, 3.8) is 0 Å². The number of imidazole rings is 1. The summed E-state index contributed by atoms with van der Waals surface area (Å²) in [6, 6.07) is 0. The van der Waals surface area contributed by atoms with Crippen LogP contribution in [-0.2, 0) is 25.0 Å². The normalized spacial score (nSPS) is 30.8. The first-order valence-electron chi connectivity index (χ1n) is 7.76. The molecule has 0 saturated carbocycles. The second-order valence-electron chi connectivity index (χ2n) is 6.54. The Bertz CT molecular complexity index is 1150. The molecule has 29 heavy (non-hydrogen) atoms. The summed E-state index contributed by atoms with van der Waals surface area (Å²) in [5.41, 5.74) is -0.574. The highest BCUT2D eigenvalue weighted by Gasteiger charge is 2.69. The standard InChI is InChI=1S/C12H17N5O10S2/c13-8-7-9(15-4-14-8)17(5-16-7)10-12(20,3-29(24,25)26)11(19,2-28(21,22)23)6(1-18)27-10/h4-6,10,18-20H,1-3H2,(H2,13,14,15)(H,21,22,23)(H,24,25,26)/t6-,10-,11-,12+/m1/s1. The Morgan fingerprint density at radius 2 is 1.66 bits per heavy atom. The maximum atomic E-state index is 11.6. The smallest absolute Gasteiger partial charge is 0.268 e. The molecule has 3 rings (SSSR count). The van der Waals surface area contributed by atoms with Crippen molar-refractivity contribution in [2.45, 2.75) is 23.5 Å². The van der Waals surface area contributed by atoms with Gasteiger partial charge in [0.2, 0.25) is 0 Å². The van der Waals surface area contributed by atoms with E-state index in [1.54, 1.807) is 0 Å². The van der Waals surface area contributed by atoms with Crippen molar-refractivity contribution in [2.24, 2.45) is 0 Å². The zero-order valence-electron chi connectivity index (χ0n) is 14.4. The van der Waals surface area contributed by atoms with Crippen LogP contribution in [0.2, 0.25) is 0 Å². The van der Waals surface area contributed by atoms with Gasteiger partial charge in [-0.05, 0) is 0 Å². The molecule has 7 N–H and O–H groups in total. The molecule has 0 aromatic carbocycles. The fraction of sp³-hybridized carbons (Fsp3) is 0.583. The van der Waals surface area contributed by atoms with E-state index in [4.69, 9.17) is 10.5 Å². The van der Waals surface area contributed by atoms with Crippen molar-refractivity contribution >= 4 is 37.2 Å². The molecule has 0 amide bonds. The maximum absolute atomic E-state index is 11.6. The summed E-state index contributed by atoms with van der Waals surface area (Å²) < 4.78 is 70.8. The van der Waals surface area contributed by atoms with Gasteiger partial charge in [0.05, 0.1) is 12.9 Å². The molecule has 0 spiro atoms. The van der Waals surface area contributed by atoms with E-state index in [1.807, 2.05) is 0 Å². The minimum atomic E-state index is -5.05. The van der Waals surface area contributed by atoms with Crippen LogP contribution in [0.5, 0.6) is 0 Å². The lowest BCUT2D eigenvalue weighted by molar-refractivity contribution is -0.131. The fourth-order valence-corrected chi connectivity index (χ4v) is 5.32. The molecule has 1 saturated heterocycles. The van der Waals surface area contributed by atoms with Gasteiger partial charge in [0.25, 0.3) is 20.2 Å². The highest BCUT2D eigenvalue weighted by molar-refractivity contribution is 7.86. The molecule has 1 aliphatic rings. The Morgan fingerprint density at radius 1 is 1.07 bits per heavy atom. The maximum Gasteiger partial charge on any atom is 0.268 e. The highest BCUT2D eigenvalue weighted by atomic mass is 32.2. The van der Waals surface area contributed by atoms with Gasteiger partial charge in [0.1, 0.15) is 35.1 Å². The molecule has 162 valence electrons. The molecule has 4 atom stereocenters. The van der Waals surface area contributed by atoms with E-state index in [1.165, 1.54) is 0 Å². The molecule has 2 aromatic heterocycles. The van der Waals surface area contributed by atoms with E-state index < -0.39 is 61.9 Å². The van der Waals surface area contributed by atoms with Crippen molar-refractivity contribution in [1.29, 1.82) is 0 Å². The first-order valence-corrected chi connectivity index (χ1v) is 11.0. The molecule has 0 unspecified atom stereocenters. The second kappa shape index (κ2) is 6.77. The number of aliphatic hydroxyl groups excluding tert-OH is 1. The first-order chi connectivity index (χ1) is 13.2. The number of hydrogen-bond acceptors (Lipinski definition) is 12. The van der Waals surface area contributed by atoms with Crippen LogP contribution in [0.4, 0.5) is 5.82 Å². The number of ether oxygens (including phenoxy) is 1. The first kappa shape index (κ1) is 21.7. The molecular formula is C12H17N5O10S2. The third-order valence-corrected chi connectivity index (χ3v) is 6.20.